The van der Waals surface area contributed by atoms with Gasteiger partial charge in [0.25, 0.3) is 5.91 Å². The van der Waals surface area contributed by atoms with Gasteiger partial charge in [0.15, 0.2) is 0 Å². The topological polar surface area (TPSA) is 105 Å². The van der Waals surface area contributed by atoms with Crippen molar-refractivity contribution in [1.82, 2.24) is 9.21 Å². The molecule has 1 N–H and O–H groups in total. The van der Waals surface area contributed by atoms with Crippen LogP contribution >= 0.6 is 0 Å². The van der Waals surface area contributed by atoms with Crippen LogP contribution in [0.2, 0.25) is 0 Å². The summed E-state index contributed by atoms with van der Waals surface area (Å²) in [6.07, 6.45) is 1.14. The van der Waals surface area contributed by atoms with Crippen LogP contribution in [0.1, 0.15) is 23.2 Å². The zero-order valence-corrected chi connectivity index (χ0v) is 19.9. The fourth-order valence-corrected chi connectivity index (χ4v) is 5.75. The number of morpholine rings is 1. The van der Waals surface area contributed by atoms with Gasteiger partial charge in [0.1, 0.15) is 5.75 Å². The highest BCUT2D eigenvalue weighted by atomic mass is 32.2. The number of sulfonamides is 1. The Labute approximate surface area is 199 Å². The van der Waals surface area contributed by atoms with E-state index in [-0.39, 0.29) is 23.3 Å². The summed E-state index contributed by atoms with van der Waals surface area (Å²) < 4.78 is 38.0. The molecule has 0 radical (unpaired) electrons. The van der Waals surface area contributed by atoms with Crippen LogP contribution in [0.15, 0.2) is 53.4 Å². The van der Waals surface area contributed by atoms with E-state index in [0.717, 1.165) is 0 Å². The molecule has 2 fully saturated rings. The smallest absolute Gasteiger partial charge is 0.256 e. The molecular formula is C24H29N3O6S. The Kier molecular flexibility index (Phi) is 7.50. The Bertz CT molecular complexity index is 1130. The number of nitrogens with zero attached hydrogens (tertiary/aromatic N) is 2. The van der Waals surface area contributed by atoms with E-state index in [0.29, 0.717) is 62.7 Å². The average molecular weight is 488 g/mol. The molecule has 2 heterocycles. The fourth-order valence-electron chi connectivity index (χ4n) is 4.22. The molecule has 1 atom stereocenters. The van der Waals surface area contributed by atoms with Gasteiger partial charge >= 0.3 is 0 Å². The normalized spacial score (nSPS) is 19.4. The van der Waals surface area contributed by atoms with Gasteiger partial charge in [0.05, 0.1) is 42.4 Å². The molecule has 2 aliphatic rings. The van der Waals surface area contributed by atoms with Crippen LogP contribution in [-0.4, -0.2) is 75.9 Å². The molecule has 4 rings (SSSR count). The largest absolute Gasteiger partial charge is 0.497 e. The number of benzene rings is 2. The molecule has 34 heavy (non-hydrogen) atoms. The highest BCUT2D eigenvalue weighted by molar-refractivity contribution is 7.89. The average Bonchev–Trinajstić information content (AvgIpc) is 2.89. The van der Waals surface area contributed by atoms with Gasteiger partial charge in [-0.3, -0.25) is 9.59 Å². The van der Waals surface area contributed by atoms with E-state index in [9.17, 15) is 18.0 Å². The molecule has 2 aromatic carbocycles. The third-order valence-electron chi connectivity index (χ3n) is 6.17. The number of para-hydroxylation sites is 1. The van der Waals surface area contributed by atoms with Crippen molar-refractivity contribution >= 4 is 27.5 Å². The van der Waals surface area contributed by atoms with E-state index in [1.54, 1.807) is 41.3 Å². The predicted molar refractivity (Wildman–Crippen MR) is 126 cm³/mol. The SMILES string of the molecule is COc1ccc(S(=O)(=O)N2CCC[C@@H](C(=O)Nc3ccccc3C(=O)N3CCOCC3)C2)cc1. The Balaban J connectivity index is 1.46. The number of methoxy groups -OCH3 is 1. The molecule has 0 aliphatic carbocycles. The summed E-state index contributed by atoms with van der Waals surface area (Å²) in [7, 11) is -2.22. The van der Waals surface area contributed by atoms with E-state index in [1.807, 2.05) is 0 Å². The van der Waals surface area contributed by atoms with Crippen molar-refractivity contribution in [2.24, 2.45) is 5.92 Å². The monoisotopic (exact) mass is 487 g/mol. The zero-order valence-electron chi connectivity index (χ0n) is 19.1. The minimum Gasteiger partial charge on any atom is -0.497 e. The standard InChI is InChI=1S/C24H29N3O6S/c1-32-19-8-10-20(11-9-19)34(30,31)27-12-4-5-18(17-27)23(28)25-22-7-3-2-6-21(22)24(29)26-13-15-33-16-14-26/h2-3,6-11,18H,4-5,12-17H2,1H3,(H,25,28)/t18-/m1/s1. The first kappa shape index (κ1) is 24.2. The molecule has 0 aromatic heterocycles. The lowest BCUT2D eigenvalue weighted by atomic mass is 9.98. The van der Waals surface area contributed by atoms with Crippen LogP contribution in [0.4, 0.5) is 5.69 Å². The van der Waals surface area contributed by atoms with Crippen molar-refractivity contribution < 1.29 is 27.5 Å². The summed E-state index contributed by atoms with van der Waals surface area (Å²) in [6, 6.07) is 13.1. The first-order valence-corrected chi connectivity index (χ1v) is 12.8. The van der Waals surface area contributed by atoms with Gasteiger partial charge < -0.3 is 19.7 Å². The third-order valence-corrected chi connectivity index (χ3v) is 8.05. The Hall–Kier alpha value is -2.95. The number of piperidine rings is 1. The van der Waals surface area contributed by atoms with E-state index in [4.69, 9.17) is 9.47 Å². The fraction of sp³-hybridized carbons (Fsp3) is 0.417. The highest BCUT2D eigenvalue weighted by Gasteiger charge is 2.34. The molecule has 182 valence electrons. The van der Waals surface area contributed by atoms with Crippen LogP contribution in [0.5, 0.6) is 5.75 Å². The maximum Gasteiger partial charge on any atom is 0.256 e. The Morgan fingerprint density at radius 2 is 1.74 bits per heavy atom. The number of hydrogen-bond acceptors (Lipinski definition) is 6. The van der Waals surface area contributed by atoms with Crippen molar-refractivity contribution in [3.05, 3.63) is 54.1 Å². The lowest BCUT2D eigenvalue weighted by Crippen LogP contribution is -2.44. The zero-order chi connectivity index (χ0) is 24.1. The number of hydrogen-bond donors (Lipinski definition) is 1. The summed E-state index contributed by atoms with van der Waals surface area (Å²) in [4.78, 5) is 28.0. The van der Waals surface area contributed by atoms with Gasteiger partial charge in [-0.15, -0.1) is 0 Å². The predicted octanol–water partition coefficient (Wildman–Crippen LogP) is 2.21. The minimum absolute atomic E-state index is 0.0831. The second-order valence-electron chi connectivity index (χ2n) is 8.32. The van der Waals surface area contributed by atoms with E-state index < -0.39 is 15.9 Å². The lowest BCUT2D eigenvalue weighted by molar-refractivity contribution is -0.120. The van der Waals surface area contributed by atoms with Crippen LogP contribution in [0, 0.1) is 5.92 Å². The number of rotatable bonds is 6. The molecule has 2 aliphatic heterocycles. The summed E-state index contributed by atoms with van der Waals surface area (Å²) in [5.41, 5.74) is 0.843. The molecule has 9 nitrogen and oxygen atoms in total. The Morgan fingerprint density at radius 1 is 1.03 bits per heavy atom. The molecule has 10 heteroatoms. The number of anilines is 1. The van der Waals surface area contributed by atoms with E-state index in [2.05, 4.69) is 5.32 Å². The van der Waals surface area contributed by atoms with Gasteiger partial charge in [-0.1, -0.05) is 12.1 Å². The number of amides is 2. The van der Waals surface area contributed by atoms with E-state index in [1.165, 1.54) is 23.5 Å². The highest BCUT2D eigenvalue weighted by Crippen LogP contribution is 2.27. The van der Waals surface area contributed by atoms with Gasteiger partial charge in [-0.2, -0.15) is 4.31 Å². The van der Waals surface area contributed by atoms with E-state index >= 15 is 0 Å². The summed E-state index contributed by atoms with van der Waals surface area (Å²) in [5, 5.41) is 2.87. The van der Waals surface area contributed by atoms with Crippen LogP contribution in [0.3, 0.4) is 0 Å². The molecule has 0 saturated carbocycles. The molecule has 2 saturated heterocycles. The third kappa shape index (κ3) is 5.24. The van der Waals surface area contributed by atoms with Gasteiger partial charge in [0, 0.05) is 26.2 Å². The van der Waals surface area contributed by atoms with Crippen molar-refractivity contribution in [2.45, 2.75) is 17.7 Å². The first-order valence-electron chi connectivity index (χ1n) is 11.3. The van der Waals surface area contributed by atoms with Gasteiger partial charge in [-0.25, -0.2) is 8.42 Å². The molecule has 0 bridgehead atoms. The van der Waals surface area contributed by atoms with Crippen molar-refractivity contribution in [3.63, 3.8) is 0 Å². The first-order chi connectivity index (χ1) is 16.4. The minimum atomic E-state index is -3.74. The maximum absolute atomic E-state index is 13.1. The summed E-state index contributed by atoms with van der Waals surface area (Å²) in [5.74, 6) is -0.406. The maximum atomic E-state index is 13.1. The van der Waals surface area contributed by atoms with Gasteiger partial charge in [0.2, 0.25) is 15.9 Å². The number of ether oxygens (including phenoxy) is 2. The summed E-state index contributed by atoms with van der Waals surface area (Å²) in [6.45, 7) is 2.41. The number of carbonyl (C=O) groups is 2. The van der Waals surface area contributed by atoms with Crippen LogP contribution in [0.25, 0.3) is 0 Å². The second kappa shape index (κ2) is 10.5. The van der Waals surface area contributed by atoms with Crippen LogP contribution < -0.4 is 10.1 Å². The number of nitrogens with one attached hydrogen (secondary N) is 1. The van der Waals surface area contributed by atoms with Gasteiger partial charge in [-0.05, 0) is 49.2 Å². The second-order valence-corrected chi connectivity index (χ2v) is 10.3. The summed E-state index contributed by atoms with van der Waals surface area (Å²) >= 11 is 0. The Morgan fingerprint density at radius 3 is 2.44 bits per heavy atom. The molecule has 2 amide bonds. The molecule has 0 spiro atoms. The number of carbonyl (C=O) groups excluding carboxylic acids is 2. The quantitative estimate of drug-likeness (QED) is 0.670. The van der Waals surface area contributed by atoms with Crippen molar-refractivity contribution in [3.8, 4) is 5.75 Å². The van der Waals surface area contributed by atoms with Crippen molar-refractivity contribution in [2.75, 3.05) is 51.8 Å². The molecule has 0 unspecified atom stereocenters. The lowest BCUT2D eigenvalue weighted by Gasteiger charge is -2.31. The van der Waals surface area contributed by atoms with Crippen molar-refractivity contribution in [1.29, 1.82) is 0 Å². The van der Waals surface area contributed by atoms with Crippen LogP contribution in [-0.2, 0) is 19.6 Å². The molecule has 2 aromatic rings. The molecular weight excluding hydrogens is 458 g/mol.